The third kappa shape index (κ3) is 2.81. The van der Waals surface area contributed by atoms with Gasteiger partial charge >= 0.3 is 6.03 Å². The number of carbonyl (C=O) groups excluding carboxylic acids is 2. The van der Waals surface area contributed by atoms with Gasteiger partial charge in [0.1, 0.15) is 13.1 Å². The summed E-state index contributed by atoms with van der Waals surface area (Å²) in [7, 11) is 0. The van der Waals surface area contributed by atoms with Crippen LogP contribution >= 0.6 is 0 Å². The van der Waals surface area contributed by atoms with E-state index < -0.39 is 0 Å². The SMILES string of the molecule is O=C1CN(C2CC2)C(=O)N1Cc1nc(Cc2ccccc2)no1. The van der Waals surface area contributed by atoms with E-state index in [2.05, 4.69) is 10.1 Å². The lowest BCUT2D eigenvalue weighted by Crippen LogP contribution is -2.33. The van der Waals surface area contributed by atoms with E-state index in [1.54, 1.807) is 4.90 Å². The smallest absolute Gasteiger partial charge is 0.327 e. The minimum Gasteiger partial charge on any atom is -0.337 e. The van der Waals surface area contributed by atoms with Crippen molar-refractivity contribution in [3.63, 3.8) is 0 Å². The molecule has 0 unspecified atom stereocenters. The number of nitrogens with zero attached hydrogens (tertiary/aromatic N) is 4. The monoisotopic (exact) mass is 312 g/mol. The van der Waals surface area contributed by atoms with Gasteiger partial charge in [-0.1, -0.05) is 35.5 Å². The molecule has 2 heterocycles. The summed E-state index contributed by atoms with van der Waals surface area (Å²) < 4.78 is 5.18. The molecule has 0 radical (unpaired) electrons. The van der Waals surface area contributed by atoms with Crippen molar-refractivity contribution in [1.82, 2.24) is 19.9 Å². The lowest BCUT2D eigenvalue weighted by Gasteiger charge is -2.14. The van der Waals surface area contributed by atoms with Crippen molar-refractivity contribution in [1.29, 1.82) is 0 Å². The van der Waals surface area contributed by atoms with E-state index in [9.17, 15) is 9.59 Å². The van der Waals surface area contributed by atoms with Gasteiger partial charge in [-0.05, 0) is 18.4 Å². The molecule has 0 atom stereocenters. The summed E-state index contributed by atoms with van der Waals surface area (Å²) in [6, 6.07) is 9.79. The van der Waals surface area contributed by atoms with Crippen molar-refractivity contribution < 1.29 is 14.1 Å². The van der Waals surface area contributed by atoms with Crippen molar-refractivity contribution in [3.8, 4) is 0 Å². The van der Waals surface area contributed by atoms with Crippen LogP contribution in [0, 0.1) is 0 Å². The van der Waals surface area contributed by atoms with Crippen LogP contribution in [0.15, 0.2) is 34.9 Å². The van der Waals surface area contributed by atoms with Gasteiger partial charge in [0.25, 0.3) is 5.91 Å². The van der Waals surface area contributed by atoms with Crippen LogP contribution in [0.2, 0.25) is 0 Å². The molecule has 4 rings (SSSR count). The zero-order valence-electron chi connectivity index (χ0n) is 12.5. The van der Waals surface area contributed by atoms with E-state index in [1.807, 2.05) is 30.3 Å². The van der Waals surface area contributed by atoms with E-state index in [0.29, 0.717) is 12.2 Å². The number of carbonyl (C=O) groups is 2. The Morgan fingerprint density at radius 2 is 1.96 bits per heavy atom. The van der Waals surface area contributed by atoms with E-state index in [1.165, 1.54) is 4.90 Å². The van der Waals surface area contributed by atoms with Gasteiger partial charge in [-0.15, -0.1) is 0 Å². The highest BCUT2D eigenvalue weighted by atomic mass is 16.5. The van der Waals surface area contributed by atoms with Crippen molar-refractivity contribution in [2.45, 2.75) is 31.8 Å². The molecule has 1 saturated carbocycles. The molecular weight excluding hydrogens is 296 g/mol. The second-order valence-electron chi connectivity index (χ2n) is 5.89. The largest absolute Gasteiger partial charge is 0.337 e. The van der Waals surface area contributed by atoms with Crippen molar-refractivity contribution >= 4 is 11.9 Å². The number of urea groups is 1. The fourth-order valence-corrected chi connectivity index (χ4v) is 2.73. The van der Waals surface area contributed by atoms with Gasteiger partial charge in [0, 0.05) is 12.5 Å². The quantitative estimate of drug-likeness (QED) is 0.783. The molecule has 23 heavy (non-hydrogen) atoms. The van der Waals surface area contributed by atoms with Crippen LogP contribution in [-0.4, -0.2) is 44.5 Å². The Morgan fingerprint density at radius 1 is 1.17 bits per heavy atom. The molecule has 1 aromatic heterocycles. The second-order valence-corrected chi connectivity index (χ2v) is 5.89. The molecular formula is C16H16N4O3. The average molecular weight is 312 g/mol. The molecule has 7 heteroatoms. The summed E-state index contributed by atoms with van der Waals surface area (Å²) in [5, 5.41) is 3.92. The lowest BCUT2D eigenvalue weighted by atomic mass is 10.1. The molecule has 2 aromatic rings. The lowest BCUT2D eigenvalue weighted by molar-refractivity contribution is -0.126. The van der Waals surface area contributed by atoms with Gasteiger partial charge < -0.3 is 9.42 Å². The summed E-state index contributed by atoms with van der Waals surface area (Å²) in [6.07, 6.45) is 2.52. The first-order chi connectivity index (χ1) is 11.2. The topological polar surface area (TPSA) is 79.5 Å². The first kappa shape index (κ1) is 13.9. The van der Waals surface area contributed by atoms with E-state index in [0.717, 1.165) is 18.4 Å². The molecule has 3 amide bonds. The fraction of sp³-hybridized carbons (Fsp3) is 0.375. The Hall–Kier alpha value is -2.70. The Labute approximate surface area is 132 Å². The van der Waals surface area contributed by atoms with Crippen LogP contribution in [0.4, 0.5) is 4.79 Å². The van der Waals surface area contributed by atoms with E-state index in [-0.39, 0.29) is 37.0 Å². The maximum absolute atomic E-state index is 12.2. The number of benzene rings is 1. The van der Waals surface area contributed by atoms with Crippen molar-refractivity contribution in [2.24, 2.45) is 0 Å². The minimum atomic E-state index is -0.250. The van der Waals surface area contributed by atoms with Gasteiger partial charge in [-0.3, -0.25) is 9.69 Å². The van der Waals surface area contributed by atoms with Gasteiger partial charge in [-0.2, -0.15) is 4.98 Å². The zero-order valence-corrected chi connectivity index (χ0v) is 12.5. The fourth-order valence-electron chi connectivity index (χ4n) is 2.73. The highest BCUT2D eigenvalue weighted by molar-refractivity contribution is 6.02. The average Bonchev–Trinajstić information content (AvgIpc) is 3.25. The summed E-state index contributed by atoms with van der Waals surface area (Å²) >= 11 is 0. The van der Waals surface area contributed by atoms with Gasteiger partial charge in [0.2, 0.25) is 5.89 Å². The Balaban J connectivity index is 1.43. The molecule has 0 spiro atoms. The minimum absolute atomic E-state index is 0.0443. The van der Waals surface area contributed by atoms with Crippen LogP contribution in [0.1, 0.15) is 30.1 Å². The number of aromatic nitrogens is 2. The van der Waals surface area contributed by atoms with Gasteiger partial charge in [-0.25, -0.2) is 4.79 Å². The number of imide groups is 1. The molecule has 1 saturated heterocycles. The van der Waals surface area contributed by atoms with Gasteiger partial charge in [0.15, 0.2) is 5.82 Å². The molecule has 1 aliphatic carbocycles. The highest BCUT2D eigenvalue weighted by Gasteiger charge is 2.44. The summed E-state index contributed by atoms with van der Waals surface area (Å²) in [5.74, 6) is 0.629. The second kappa shape index (κ2) is 5.49. The van der Waals surface area contributed by atoms with E-state index >= 15 is 0 Å². The third-order valence-corrected chi connectivity index (χ3v) is 4.08. The molecule has 1 aromatic carbocycles. The Bertz CT molecular complexity index is 739. The number of hydrogen-bond donors (Lipinski definition) is 0. The predicted octanol–water partition coefficient (Wildman–Crippen LogP) is 1.59. The summed E-state index contributed by atoms with van der Waals surface area (Å²) in [6.45, 7) is 0.206. The number of hydrogen-bond acceptors (Lipinski definition) is 5. The van der Waals surface area contributed by atoms with Crippen molar-refractivity contribution in [2.75, 3.05) is 6.54 Å². The standard InChI is InChI=1S/C16H16N4O3/c21-15-10-19(12-6-7-12)16(22)20(15)9-14-17-13(18-23-14)8-11-4-2-1-3-5-11/h1-5,12H,6-10H2. The van der Waals surface area contributed by atoms with Crippen LogP contribution in [0.25, 0.3) is 0 Å². The van der Waals surface area contributed by atoms with Crippen LogP contribution < -0.4 is 0 Å². The van der Waals surface area contributed by atoms with Crippen molar-refractivity contribution in [3.05, 3.63) is 47.6 Å². The maximum atomic E-state index is 12.2. The first-order valence-electron chi connectivity index (χ1n) is 7.67. The van der Waals surface area contributed by atoms with Crippen LogP contribution in [0.3, 0.4) is 0 Å². The third-order valence-electron chi connectivity index (χ3n) is 4.08. The molecule has 7 nitrogen and oxygen atoms in total. The molecule has 2 fully saturated rings. The van der Waals surface area contributed by atoms with Crippen LogP contribution in [-0.2, 0) is 17.8 Å². The van der Waals surface area contributed by atoms with Gasteiger partial charge in [0.05, 0.1) is 0 Å². The summed E-state index contributed by atoms with van der Waals surface area (Å²) in [4.78, 5) is 31.3. The normalized spacial score (nSPS) is 18.1. The highest BCUT2D eigenvalue weighted by Crippen LogP contribution is 2.30. The Kier molecular flexibility index (Phi) is 3.33. The maximum Gasteiger partial charge on any atom is 0.327 e. The molecule has 0 bridgehead atoms. The number of rotatable bonds is 5. The Morgan fingerprint density at radius 3 is 2.70 bits per heavy atom. The van der Waals surface area contributed by atoms with E-state index in [4.69, 9.17) is 4.52 Å². The first-order valence-corrected chi connectivity index (χ1v) is 7.67. The predicted molar refractivity (Wildman–Crippen MR) is 79.2 cm³/mol. The zero-order chi connectivity index (χ0) is 15.8. The summed E-state index contributed by atoms with van der Waals surface area (Å²) in [5.41, 5.74) is 1.08. The molecule has 118 valence electrons. The molecule has 0 N–H and O–H groups in total. The van der Waals surface area contributed by atoms with Crippen LogP contribution in [0.5, 0.6) is 0 Å². The molecule has 2 aliphatic rings. The number of amides is 3. The molecule has 1 aliphatic heterocycles.